The van der Waals surface area contributed by atoms with Gasteiger partial charge in [0.2, 0.25) is 0 Å². The maximum atomic E-state index is 13.1. The van der Waals surface area contributed by atoms with Crippen LogP contribution in [0, 0.1) is 0 Å². The third-order valence-electron chi connectivity index (χ3n) is 4.30. The van der Waals surface area contributed by atoms with Gasteiger partial charge in [-0.05, 0) is 36.4 Å². The average molecular weight is 420 g/mol. The Balaban J connectivity index is 1.51. The van der Waals surface area contributed by atoms with Gasteiger partial charge in [0.25, 0.3) is 5.91 Å². The number of ether oxygens (including phenoxy) is 1. The number of amides is 1. The first-order valence-electron chi connectivity index (χ1n) is 8.52. The monoisotopic (exact) mass is 419 g/mol. The van der Waals surface area contributed by atoms with E-state index in [0.717, 1.165) is 22.4 Å². The van der Waals surface area contributed by atoms with Gasteiger partial charge in [0.1, 0.15) is 16.9 Å². The van der Waals surface area contributed by atoms with Crippen LogP contribution in [0.4, 0.5) is 18.9 Å². The van der Waals surface area contributed by atoms with Crippen LogP contribution in [0.1, 0.15) is 5.56 Å². The summed E-state index contributed by atoms with van der Waals surface area (Å²) in [5, 5.41) is 3.68. The van der Waals surface area contributed by atoms with Crippen LogP contribution in [0.2, 0.25) is 5.02 Å². The molecule has 0 saturated heterocycles. The zero-order chi connectivity index (χ0) is 20.6. The van der Waals surface area contributed by atoms with E-state index in [1.807, 2.05) is 24.3 Å². The molecule has 8 heteroatoms. The van der Waals surface area contributed by atoms with Crippen LogP contribution in [0.3, 0.4) is 0 Å². The number of rotatable bonds is 4. The average Bonchev–Trinajstić information content (AvgIpc) is 3.05. The van der Waals surface area contributed by atoms with E-state index >= 15 is 0 Å². The minimum atomic E-state index is -4.65. The second kappa shape index (κ2) is 7.33. The van der Waals surface area contributed by atoms with Crippen LogP contribution in [0.15, 0.2) is 65.1 Å². The number of hydrogen-bond acceptors (Lipinski definition) is 3. The number of para-hydroxylation sites is 2. The number of hydrogen-bond donors (Lipinski definition) is 1. The van der Waals surface area contributed by atoms with Gasteiger partial charge in [-0.2, -0.15) is 13.2 Å². The molecule has 148 valence electrons. The summed E-state index contributed by atoms with van der Waals surface area (Å²) in [5.41, 5.74) is -0.138. The normalized spacial score (nSPS) is 11.7. The molecule has 0 aliphatic rings. The highest BCUT2D eigenvalue weighted by atomic mass is 35.5. The minimum Gasteiger partial charge on any atom is -0.484 e. The first kappa shape index (κ1) is 19.1. The van der Waals surface area contributed by atoms with Gasteiger partial charge in [0.05, 0.1) is 16.3 Å². The Morgan fingerprint density at radius 1 is 1.00 bits per heavy atom. The Morgan fingerprint density at radius 2 is 1.76 bits per heavy atom. The lowest BCUT2D eigenvalue weighted by molar-refractivity contribution is -0.137. The van der Waals surface area contributed by atoms with Gasteiger partial charge < -0.3 is 14.5 Å². The van der Waals surface area contributed by atoms with Gasteiger partial charge in [-0.25, -0.2) is 0 Å². The number of carbonyl (C=O) groups is 1. The van der Waals surface area contributed by atoms with Crippen LogP contribution in [0.25, 0.3) is 21.9 Å². The third kappa shape index (κ3) is 3.86. The molecule has 0 aliphatic heterocycles. The third-order valence-corrected chi connectivity index (χ3v) is 4.62. The van der Waals surface area contributed by atoms with Crippen molar-refractivity contribution >= 4 is 45.1 Å². The summed E-state index contributed by atoms with van der Waals surface area (Å²) in [6, 6.07) is 15.8. The zero-order valence-electron chi connectivity index (χ0n) is 14.7. The molecule has 1 N–H and O–H groups in total. The van der Waals surface area contributed by atoms with Crippen LogP contribution in [-0.2, 0) is 11.0 Å². The molecule has 1 aromatic heterocycles. The minimum absolute atomic E-state index is 0.209. The van der Waals surface area contributed by atoms with Gasteiger partial charge in [-0.3, -0.25) is 4.79 Å². The largest absolute Gasteiger partial charge is 0.484 e. The summed E-state index contributed by atoms with van der Waals surface area (Å²) in [5.74, 6) is -0.379. The molecule has 1 amide bonds. The van der Waals surface area contributed by atoms with E-state index in [2.05, 4.69) is 5.32 Å². The Bertz CT molecular complexity index is 1220. The number of benzene rings is 3. The van der Waals surface area contributed by atoms with Gasteiger partial charge in [0.15, 0.2) is 6.61 Å². The molecular formula is C21H13ClF3NO3. The number of nitrogens with one attached hydrogen (secondary N) is 1. The van der Waals surface area contributed by atoms with Crippen molar-refractivity contribution in [3.63, 3.8) is 0 Å². The standard InChI is InChI=1S/C21H13ClF3NO3/c22-16-6-3-5-15(21(23,24)25)20(16)26-19(27)11-28-12-8-9-18-14(10-12)13-4-1-2-7-17(13)29-18/h1-10H,11H2,(H,26,27). The fourth-order valence-electron chi connectivity index (χ4n) is 3.01. The molecule has 0 spiro atoms. The Morgan fingerprint density at radius 3 is 2.55 bits per heavy atom. The molecule has 4 aromatic rings. The van der Waals surface area contributed by atoms with Crippen LogP contribution >= 0.6 is 11.6 Å². The maximum absolute atomic E-state index is 13.1. The summed E-state index contributed by atoms with van der Waals surface area (Å²) in [6.45, 7) is -0.482. The van der Waals surface area contributed by atoms with Crippen molar-refractivity contribution < 1.29 is 27.1 Å². The summed E-state index contributed by atoms with van der Waals surface area (Å²) in [6.07, 6.45) is -4.65. The van der Waals surface area contributed by atoms with E-state index in [1.165, 1.54) is 12.1 Å². The van der Waals surface area contributed by atoms with Gasteiger partial charge >= 0.3 is 6.18 Å². The quantitative estimate of drug-likeness (QED) is 0.424. The molecule has 4 nitrogen and oxygen atoms in total. The molecule has 0 aliphatic carbocycles. The molecule has 0 atom stereocenters. The van der Waals surface area contributed by atoms with Crippen molar-refractivity contribution in [2.45, 2.75) is 6.18 Å². The lowest BCUT2D eigenvalue weighted by atomic mass is 10.1. The van der Waals surface area contributed by atoms with E-state index < -0.39 is 29.9 Å². The summed E-state index contributed by atoms with van der Waals surface area (Å²) < 4.78 is 50.5. The van der Waals surface area contributed by atoms with Gasteiger partial charge in [-0.15, -0.1) is 0 Å². The number of anilines is 1. The lowest BCUT2D eigenvalue weighted by Gasteiger charge is -2.15. The smallest absolute Gasteiger partial charge is 0.418 e. The first-order chi connectivity index (χ1) is 13.8. The fraction of sp³-hybridized carbons (Fsp3) is 0.0952. The second-order valence-electron chi connectivity index (χ2n) is 6.25. The summed E-state index contributed by atoms with van der Waals surface area (Å²) in [4.78, 5) is 12.2. The summed E-state index contributed by atoms with van der Waals surface area (Å²) in [7, 11) is 0. The topological polar surface area (TPSA) is 51.5 Å². The molecule has 4 rings (SSSR count). The lowest BCUT2D eigenvalue weighted by Crippen LogP contribution is -2.22. The molecule has 0 unspecified atom stereocenters. The van der Waals surface area contributed by atoms with Gasteiger partial charge in [0, 0.05) is 10.8 Å². The molecule has 0 fully saturated rings. The van der Waals surface area contributed by atoms with Crippen molar-refractivity contribution in [2.24, 2.45) is 0 Å². The predicted octanol–water partition coefficient (Wildman–Crippen LogP) is 6.28. The van der Waals surface area contributed by atoms with Crippen molar-refractivity contribution in [1.82, 2.24) is 0 Å². The Kier molecular flexibility index (Phi) is 4.84. The molecule has 0 radical (unpaired) electrons. The van der Waals surface area contributed by atoms with Crippen molar-refractivity contribution in [3.05, 3.63) is 71.2 Å². The van der Waals surface area contributed by atoms with E-state index in [4.69, 9.17) is 20.8 Å². The van der Waals surface area contributed by atoms with E-state index in [-0.39, 0.29) is 5.02 Å². The number of alkyl halides is 3. The second-order valence-corrected chi connectivity index (χ2v) is 6.66. The van der Waals surface area contributed by atoms with Crippen molar-refractivity contribution in [3.8, 4) is 5.75 Å². The van der Waals surface area contributed by atoms with Crippen LogP contribution in [0.5, 0.6) is 5.75 Å². The molecular weight excluding hydrogens is 407 g/mol. The highest BCUT2D eigenvalue weighted by molar-refractivity contribution is 6.34. The molecule has 0 bridgehead atoms. The highest BCUT2D eigenvalue weighted by Gasteiger charge is 2.34. The molecule has 1 heterocycles. The Hall–Kier alpha value is -3.19. The van der Waals surface area contributed by atoms with Gasteiger partial charge in [-0.1, -0.05) is 35.9 Å². The van der Waals surface area contributed by atoms with Crippen LogP contribution < -0.4 is 10.1 Å². The first-order valence-corrected chi connectivity index (χ1v) is 8.90. The maximum Gasteiger partial charge on any atom is 0.418 e. The van der Waals surface area contributed by atoms with Crippen molar-refractivity contribution in [2.75, 3.05) is 11.9 Å². The van der Waals surface area contributed by atoms with E-state index in [9.17, 15) is 18.0 Å². The Labute approximate surface area is 167 Å². The van der Waals surface area contributed by atoms with E-state index in [1.54, 1.807) is 18.2 Å². The molecule has 0 saturated carbocycles. The molecule has 29 heavy (non-hydrogen) atoms. The summed E-state index contributed by atoms with van der Waals surface area (Å²) >= 11 is 5.84. The number of fused-ring (bicyclic) bond motifs is 3. The SMILES string of the molecule is O=C(COc1ccc2oc3ccccc3c2c1)Nc1c(Cl)cccc1C(F)(F)F. The fourth-order valence-corrected chi connectivity index (χ4v) is 3.23. The number of carbonyl (C=O) groups excluding carboxylic acids is 1. The number of halogens is 4. The van der Waals surface area contributed by atoms with Crippen LogP contribution in [-0.4, -0.2) is 12.5 Å². The zero-order valence-corrected chi connectivity index (χ0v) is 15.5. The highest BCUT2D eigenvalue weighted by Crippen LogP contribution is 2.38. The van der Waals surface area contributed by atoms with E-state index in [0.29, 0.717) is 11.3 Å². The molecule has 3 aromatic carbocycles. The van der Waals surface area contributed by atoms with Crippen molar-refractivity contribution in [1.29, 1.82) is 0 Å². The predicted molar refractivity (Wildman–Crippen MR) is 104 cm³/mol. The number of furan rings is 1.